The highest BCUT2D eigenvalue weighted by Gasteiger charge is 2.53. The zero-order chi connectivity index (χ0) is 30.3. The first-order chi connectivity index (χ1) is 20.4. The lowest BCUT2D eigenvalue weighted by atomic mass is 10.1. The molecule has 0 spiro atoms. The Morgan fingerprint density at radius 1 is 1.19 bits per heavy atom. The van der Waals surface area contributed by atoms with Gasteiger partial charge in [-0.05, 0) is 51.7 Å². The fourth-order valence-electron chi connectivity index (χ4n) is 6.22. The number of aromatic nitrogens is 5. The van der Waals surface area contributed by atoms with Crippen molar-refractivity contribution >= 4 is 38.3 Å². The Kier molecular flexibility index (Phi) is 6.28. The van der Waals surface area contributed by atoms with Crippen molar-refractivity contribution in [2.24, 2.45) is 7.05 Å². The second-order valence-electron chi connectivity index (χ2n) is 12.5. The van der Waals surface area contributed by atoms with Gasteiger partial charge in [-0.3, -0.25) is 23.2 Å². The molecule has 1 aromatic carbocycles. The number of piperazine rings is 1. The van der Waals surface area contributed by atoms with Crippen LogP contribution < -0.4 is 15.2 Å². The van der Waals surface area contributed by atoms with E-state index in [0.29, 0.717) is 36.6 Å². The van der Waals surface area contributed by atoms with Crippen LogP contribution in [0.4, 0.5) is 5.69 Å². The quantitative estimate of drug-likeness (QED) is 0.318. The lowest BCUT2D eigenvalue weighted by Crippen LogP contribution is -2.57. The highest BCUT2D eigenvalue weighted by atomic mass is 32.2. The molecule has 7 rings (SSSR count). The van der Waals surface area contributed by atoms with Crippen LogP contribution in [0.3, 0.4) is 0 Å². The van der Waals surface area contributed by atoms with Crippen molar-refractivity contribution in [3.63, 3.8) is 0 Å². The van der Waals surface area contributed by atoms with Crippen LogP contribution >= 0.6 is 0 Å². The minimum absolute atomic E-state index is 0.000465. The maximum atomic E-state index is 14.2. The molecule has 3 aliphatic rings. The van der Waals surface area contributed by atoms with Gasteiger partial charge in [-0.1, -0.05) is 0 Å². The molecule has 2 aliphatic carbocycles. The first-order valence-corrected chi connectivity index (χ1v) is 16.1. The minimum Gasteiger partial charge on any atom is -0.368 e. The van der Waals surface area contributed by atoms with E-state index in [1.165, 1.54) is 6.07 Å². The van der Waals surface area contributed by atoms with Crippen LogP contribution in [0.1, 0.15) is 45.1 Å². The van der Waals surface area contributed by atoms with Crippen molar-refractivity contribution in [3.05, 3.63) is 52.8 Å². The second-order valence-corrected chi connectivity index (χ2v) is 14.2. The van der Waals surface area contributed by atoms with Gasteiger partial charge in [-0.15, -0.1) is 0 Å². The van der Waals surface area contributed by atoms with E-state index in [1.807, 2.05) is 36.4 Å². The molecule has 3 aromatic heterocycles. The summed E-state index contributed by atoms with van der Waals surface area (Å²) in [4.78, 5) is 36.0. The Labute approximate surface area is 249 Å². The third-order valence-corrected chi connectivity index (χ3v) is 10.8. The fraction of sp³-hybridized carbons (Fsp3) is 0.517. The van der Waals surface area contributed by atoms with Crippen LogP contribution in [0, 0.1) is 0 Å². The molecule has 13 nitrogen and oxygen atoms in total. The van der Waals surface area contributed by atoms with Gasteiger partial charge in [0.15, 0.2) is 0 Å². The molecule has 1 atom stereocenters. The Hall–Kier alpha value is -3.75. The number of carbonyl (C=O) groups is 1. The first kappa shape index (κ1) is 28.0. The van der Waals surface area contributed by atoms with Gasteiger partial charge in [0.05, 0.1) is 34.2 Å². The van der Waals surface area contributed by atoms with Crippen LogP contribution in [0.5, 0.6) is 0 Å². The molecule has 0 bridgehead atoms. The average Bonchev–Trinajstić information content (AvgIpc) is 3.81. The highest BCUT2D eigenvalue weighted by Crippen LogP contribution is 2.42. The molecule has 0 unspecified atom stereocenters. The molecule has 228 valence electrons. The van der Waals surface area contributed by atoms with Crippen LogP contribution in [-0.2, 0) is 33.1 Å². The molecule has 0 radical (unpaired) electrons. The highest BCUT2D eigenvalue weighted by molar-refractivity contribution is 7.89. The Balaban J connectivity index is 1.37. The number of methoxy groups -OCH3 is 1. The lowest BCUT2D eigenvalue weighted by Gasteiger charge is -2.42. The molecule has 1 saturated heterocycles. The monoisotopic (exact) mass is 608 g/mol. The third-order valence-electron chi connectivity index (χ3n) is 9.15. The van der Waals surface area contributed by atoms with E-state index in [2.05, 4.69) is 19.7 Å². The summed E-state index contributed by atoms with van der Waals surface area (Å²) in [7, 11) is -0.541. The summed E-state index contributed by atoms with van der Waals surface area (Å²) in [6, 6.07) is 2.98. The van der Waals surface area contributed by atoms with Gasteiger partial charge in [-0.25, -0.2) is 18.1 Å². The van der Waals surface area contributed by atoms with Crippen LogP contribution in [0.15, 0.2) is 46.6 Å². The summed E-state index contributed by atoms with van der Waals surface area (Å²) in [5.41, 5.74) is 0.470. The smallest absolute Gasteiger partial charge is 0.263 e. The molecule has 43 heavy (non-hydrogen) atoms. The van der Waals surface area contributed by atoms with E-state index < -0.39 is 21.2 Å². The maximum absolute atomic E-state index is 14.2. The molecule has 14 heteroatoms. The number of ether oxygens (including phenoxy) is 1. The number of anilines is 1. The van der Waals surface area contributed by atoms with E-state index in [-0.39, 0.29) is 34.3 Å². The van der Waals surface area contributed by atoms with Gasteiger partial charge < -0.3 is 14.5 Å². The van der Waals surface area contributed by atoms with E-state index in [4.69, 9.17) is 4.74 Å². The average molecular weight is 609 g/mol. The van der Waals surface area contributed by atoms with Crippen LogP contribution in [0.2, 0.25) is 0 Å². The van der Waals surface area contributed by atoms with Crippen molar-refractivity contribution in [2.75, 3.05) is 31.6 Å². The molecular weight excluding hydrogens is 572 g/mol. The molecule has 3 fully saturated rings. The SMILES string of the molecule is COC1(C(=O)N2CCN(c3cc(S(=O)(=O)NC4(C)CC4)cc4c(=O)n(Cc5cnn(C)c5)c5nccn5c34)C[C@H]2C)CC1. The molecular formula is C29H36N8O5S. The molecule has 4 aromatic rings. The van der Waals surface area contributed by atoms with E-state index in [0.717, 1.165) is 31.2 Å². The van der Waals surface area contributed by atoms with E-state index in [9.17, 15) is 18.0 Å². The topological polar surface area (TPSA) is 136 Å². The number of hydrogen-bond acceptors (Lipinski definition) is 8. The van der Waals surface area contributed by atoms with Crippen molar-refractivity contribution in [2.45, 2.75) is 68.2 Å². The zero-order valence-corrected chi connectivity index (χ0v) is 25.6. The fourth-order valence-corrected chi connectivity index (χ4v) is 7.73. The predicted octanol–water partition coefficient (Wildman–Crippen LogP) is 1.48. The Morgan fingerprint density at radius 2 is 1.95 bits per heavy atom. The lowest BCUT2D eigenvalue weighted by molar-refractivity contribution is -0.147. The summed E-state index contributed by atoms with van der Waals surface area (Å²) in [5.74, 6) is 0.444. The Morgan fingerprint density at radius 3 is 2.58 bits per heavy atom. The van der Waals surface area contributed by atoms with Gasteiger partial charge >= 0.3 is 0 Å². The van der Waals surface area contributed by atoms with Crippen molar-refractivity contribution in [1.29, 1.82) is 0 Å². The molecule has 2 saturated carbocycles. The van der Waals surface area contributed by atoms with E-state index in [1.54, 1.807) is 41.0 Å². The zero-order valence-electron chi connectivity index (χ0n) is 24.8. The summed E-state index contributed by atoms with van der Waals surface area (Å²) in [5, 5.41) is 4.50. The minimum atomic E-state index is -3.93. The van der Waals surface area contributed by atoms with E-state index >= 15 is 0 Å². The number of hydrogen-bond donors (Lipinski definition) is 1. The van der Waals surface area contributed by atoms with Crippen molar-refractivity contribution in [3.8, 4) is 0 Å². The summed E-state index contributed by atoms with van der Waals surface area (Å²) < 4.78 is 40.8. The van der Waals surface area contributed by atoms with Crippen molar-refractivity contribution < 1.29 is 17.9 Å². The number of amides is 1. The molecule has 1 N–H and O–H groups in total. The number of fused-ring (bicyclic) bond motifs is 3. The summed E-state index contributed by atoms with van der Waals surface area (Å²) in [6.45, 7) is 5.48. The normalized spacial score (nSPS) is 21.1. The largest absolute Gasteiger partial charge is 0.368 e. The van der Waals surface area contributed by atoms with Crippen molar-refractivity contribution in [1.82, 2.24) is 33.4 Å². The number of imidazole rings is 1. The standard InChI is InChI=1S/C29H36N8O5S/c1-19-16-34(11-12-35(19)26(39)29(42-4)7-8-29)23-14-21(43(40,41)32-28(2)5-6-28)13-22-24(23)36-10-9-30-27(36)37(25(22)38)18-20-15-31-33(3)17-20/h9-10,13-15,17,19,32H,5-8,11-12,16,18H2,1-4H3/t19-/m1/s1. The predicted molar refractivity (Wildman–Crippen MR) is 160 cm³/mol. The number of aryl methyl sites for hydroxylation is 1. The first-order valence-electron chi connectivity index (χ1n) is 14.6. The van der Waals surface area contributed by atoms with Gasteiger partial charge in [0.1, 0.15) is 5.60 Å². The summed E-state index contributed by atoms with van der Waals surface area (Å²) in [6.07, 6.45) is 9.91. The third kappa shape index (κ3) is 4.71. The van der Waals surface area contributed by atoms with Gasteiger partial charge in [-0.2, -0.15) is 5.10 Å². The second kappa shape index (κ2) is 9.63. The number of nitrogens with zero attached hydrogens (tertiary/aromatic N) is 7. The van der Waals surface area contributed by atoms with Crippen LogP contribution in [0.25, 0.3) is 16.7 Å². The number of rotatable bonds is 8. The number of benzene rings is 1. The molecule has 1 aliphatic heterocycles. The maximum Gasteiger partial charge on any atom is 0.263 e. The van der Waals surface area contributed by atoms with Gasteiger partial charge in [0.25, 0.3) is 11.5 Å². The molecule has 1 amide bonds. The summed E-state index contributed by atoms with van der Waals surface area (Å²) >= 11 is 0. The van der Waals surface area contributed by atoms with Gasteiger partial charge in [0, 0.05) is 69.5 Å². The molecule has 4 heterocycles. The Bertz CT molecular complexity index is 1930. The number of nitrogens with one attached hydrogen (secondary N) is 1. The van der Waals surface area contributed by atoms with Crippen LogP contribution in [-0.4, -0.2) is 86.9 Å². The number of carbonyl (C=O) groups excluding carboxylic acids is 1. The number of sulfonamides is 1. The van der Waals surface area contributed by atoms with Gasteiger partial charge in [0.2, 0.25) is 15.8 Å².